The van der Waals surface area contributed by atoms with Crippen LogP contribution in [0.25, 0.3) is 0 Å². The van der Waals surface area contributed by atoms with Gasteiger partial charge in [0.25, 0.3) is 0 Å². The molecule has 1 aromatic rings. The Morgan fingerprint density at radius 2 is 1.92 bits per heavy atom. The highest BCUT2D eigenvalue weighted by molar-refractivity contribution is 7.99. The van der Waals surface area contributed by atoms with Crippen LogP contribution in [0.15, 0.2) is 13.6 Å². The summed E-state index contributed by atoms with van der Waals surface area (Å²) in [6, 6.07) is 1.02. The third-order valence-corrected chi connectivity index (χ3v) is 8.57. The monoisotopic (exact) mass is 555 g/mol. The molecule has 1 amide bonds. The first-order valence-corrected chi connectivity index (χ1v) is 14.6. The van der Waals surface area contributed by atoms with Crippen LogP contribution < -0.4 is 11.1 Å². The number of ether oxygens (including phenoxy) is 1. The van der Waals surface area contributed by atoms with Crippen molar-refractivity contribution in [1.82, 2.24) is 10.2 Å². The minimum atomic E-state index is -1.40. The molecule has 0 bridgehead atoms. The molecule has 11 nitrogen and oxygen atoms in total. The number of amides is 1. The summed E-state index contributed by atoms with van der Waals surface area (Å²) in [5.41, 5.74) is -0.743. The molecule has 1 aromatic heterocycles. The Labute approximate surface area is 227 Å². The van der Waals surface area contributed by atoms with Gasteiger partial charge in [-0.3, -0.25) is 9.69 Å². The van der Waals surface area contributed by atoms with Crippen LogP contribution >= 0.6 is 11.8 Å². The van der Waals surface area contributed by atoms with Gasteiger partial charge < -0.3 is 34.2 Å². The zero-order chi connectivity index (χ0) is 28.0. The Balaban J connectivity index is 1.81. The fraction of sp³-hybridized carbons (Fsp3) is 0.808. The molecular formula is C26H41N3O8S. The molecule has 0 spiro atoms. The van der Waals surface area contributed by atoms with Gasteiger partial charge in [0.15, 0.2) is 5.76 Å². The van der Waals surface area contributed by atoms with Gasteiger partial charge in [0.2, 0.25) is 5.91 Å². The first kappa shape index (κ1) is 30.7. The Kier molecular flexibility index (Phi) is 11.3. The molecule has 0 aromatic carbocycles. The van der Waals surface area contributed by atoms with E-state index in [9.17, 15) is 24.9 Å². The number of hydrogen-bond donors (Lipinski definition) is 4. The number of unbranched alkanes of at least 4 members (excludes halogenated alkanes) is 1. The highest BCUT2D eigenvalue weighted by Gasteiger charge is 2.48. The fourth-order valence-corrected chi connectivity index (χ4v) is 6.11. The average molecular weight is 556 g/mol. The summed E-state index contributed by atoms with van der Waals surface area (Å²) in [5, 5.41) is 43.4. The molecule has 214 valence electrons. The molecule has 3 heterocycles. The Bertz CT molecular complexity index is 1010. The lowest BCUT2D eigenvalue weighted by Crippen LogP contribution is -2.64. The van der Waals surface area contributed by atoms with Gasteiger partial charge in [-0.15, -0.1) is 11.8 Å². The second-order valence-electron chi connectivity index (χ2n) is 10.7. The van der Waals surface area contributed by atoms with E-state index in [1.54, 1.807) is 13.2 Å². The lowest BCUT2D eigenvalue weighted by molar-refractivity contribution is -0.208. The van der Waals surface area contributed by atoms with Crippen LogP contribution in [0.5, 0.6) is 0 Å². The maximum atomic E-state index is 13.8. The number of nitriles is 1. The summed E-state index contributed by atoms with van der Waals surface area (Å²) in [7, 11) is 0. The zero-order valence-electron chi connectivity index (χ0n) is 22.5. The van der Waals surface area contributed by atoms with Gasteiger partial charge in [0, 0.05) is 6.42 Å². The highest BCUT2D eigenvalue weighted by Crippen LogP contribution is 2.32. The van der Waals surface area contributed by atoms with Crippen LogP contribution in [-0.2, 0) is 16.1 Å². The van der Waals surface area contributed by atoms with Crippen LogP contribution in [0.1, 0.15) is 63.9 Å². The second kappa shape index (κ2) is 14.0. The van der Waals surface area contributed by atoms with Crippen molar-refractivity contribution in [2.24, 2.45) is 11.8 Å². The number of carbonyl (C=O) groups excluding carboxylic acids is 1. The molecule has 0 saturated carbocycles. The van der Waals surface area contributed by atoms with Crippen molar-refractivity contribution in [3.63, 3.8) is 0 Å². The van der Waals surface area contributed by atoms with E-state index >= 15 is 0 Å². The summed E-state index contributed by atoms with van der Waals surface area (Å²) in [4.78, 5) is 27.4. The van der Waals surface area contributed by atoms with Gasteiger partial charge in [-0.2, -0.15) is 5.26 Å². The van der Waals surface area contributed by atoms with Gasteiger partial charge in [-0.05, 0) is 63.7 Å². The number of aliphatic hydroxyl groups excluding tert-OH is 3. The quantitative estimate of drug-likeness (QED) is 0.309. The van der Waals surface area contributed by atoms with Crippen LogP contribution in [0.3, 0.4) is 0 Å². The van der Waals surface area contributed by atoms with Crippen molar-refractivity contribution < 1.29 is 33.7 Å². The number of thioether (sulfide) groups is 1. The largest absolute Gasteiger partial charge is 0.519 e. The molecule has 8 atom stereocenters. The number of likely N-dealkylation sites (tertiary alicyclic amines) is 1. The first-order valence-electron chi connectivity index (χ1n) is 13.3. The number of carbonyl (C=O) groups is 1. The SMILES string of the molecule is CS[C@H]1O[C@H]([C@H](NC(=O)[C@@H]2CC[C@H](CCCC#N)CCN2Cc2oc(=O)oc2C)C(C)C)[C@H](O)[C@H](O)[C@H]1O. The number of hydrogen-bond acceptors (Lipinski definition) is 11. The van der Waals surface area contributed by atoms with Gasteiger partial charge in [-0.1, -0.05) is 13.8 Å². The first-order chi connectivity index (χ1) is 18.1. The maximum Gasteiger partial charge on any atom is 0.519 e. The molecule has 3 rings (SSSR count). The van der Waals surface area contributed by atoms with Crippen LogP contribution in [-0.4, -0.2) is 80.9 Å². The highest BCUT2D eigenvalue weighted by atomic mass is 32.2. The summed E-state index contributed by atoms with van der Waals surface area (Å²) in [6.45, 7) is 6.27. The fourth-order valence-electron chi connectivity index (χ4n) is 5.43. The predicted molar refractivity (Wildman–Crippen MR) is 140 cm³/mol. The van der Waals surface area contributed by atoms with E-state index in [-0.39, 0.29) is 18.4 Å². The summed E-state index contributed by atoms with van der Waals surface area (Å²) < 4.78 is 16.2. The van der Waals surface area contributed by atoms with E-state index in [0.29, 0.717) is 36.8 Å². The van der Waals surface area contributed by atoms with Crippen molar-refractivity contribution in [1.29, 1.82) is 5.26 Å². The topological polar surface area (TPSA) is 169 Å². The standard InChI is InChI=1S/C26H41N3O8S/c1-14(2)19(23-21(31)20(30)22(32)25(37-23)38-4)28-24(33)17-9-8-16(7-5-6-11-27)10-12-29(17)13-18-15(3)35-26(34)36-18/h14,16-17,19-23,25,30-32H,5-10,12-13H2,1-4H3,(H,28,33)/t16-,17-,19+,20-,21+,22+,23+,25+/m0/s1. The Hall–Kier alpha value is -1.88. The molecular weight excluding hydrogens is 514 g/mol. The van der Waals surface area contributed by atoms with E-state index in [1.807, 2.05) is 18.7 Å². The van der Waals surface area contributed by atoms with Gasteiger partial charge in [0.1, 0.15) is 35.6 Å². The Morgan fingerprint density at radius 1 is 1.18 bits per heavy atom. The van der Waals surface area contributed by atoms with Crippen molar-refractivity contribution in [2.75, 3.05) is 12.8 Å². The number of aryl methyl sites for hydroxylation is 1. The van der Waals surface area contributed by atoms with Crippen LogP contribution in [0.4, 0.5) is 0 Å². The zero-order valence-corrected chi connectivity index (χ0v) is 23.4. The number of rotatable bonds is 10. The van der Waals surface area contributed by atoms with Gasteiger partial charge >= 0.3 is 5.82 Å². The average Bonchev–Trinajstić information content (AvgIpc) is 3.06. The van der Waals surface area contributed by atoms with E-state index in [1.165, 1.54) is 11.8 Å². The second-order valence-corrected chi connectivity index (χ2v) is 11.6. The molecule has 0 radical (unpaired) electrons. The summed E-state index contributed by atoms with van der Waals surface area (Å²) in [6.07, 6.45) is 1.23. The number of nitrogens with one attached hydrogen (secondary N) is 1. The smallest absolute Gasteiger partial charge is 0.396 e. The Morgan fingerprint density at radius 3 is 2.53 bits per heavy atom. The number of aliphatic hydroxyl groups is 3. The van der Waals surface area contributed by atoms with Gasteiger partial charge in [-0.25, -0.2) is 4.79 Å². The molecule has 2 aliphatic heterocycles. The molecule has 2 aliphatic rings. The maximum absolute atomic E-state index is 13.8. The number of nitrogens with zero attached hydrogens (tertiary/aromatic N) is 2. The molecule has 0 aliphatic carbocycles. The van der Waals surface area contributed by atoms with E-state index in [4.69, 9.17) is 18.8 Å². The molecule has 2 fully saturated rings. The van der Waals surface area contributed by atoms with Crippen molar-refractivity contribution in [2.45, 2.75) is 108 Å². The predicted octanol–water partition coefficient (Wildman–Crippen LogP) is 1.52. The minimum absolute atomic E-state index is 0.143. The lowest BCUT2D eigenvalue weighted by atomic mass is 9.88. The summed E-state index contributed by atoms with van der Waals surface area (Å²) in [5.74, 6) is -0.0577. The van der Waals surface area contributed by atoms with Crippen molar-refractivity contribution in [3.05, 3.63) is 22.1 Å². The van der Waals surface area contributed by atoms with Crippen molar-refractivity contribution in [3.8, 4) is 6.07 Å². The third kappa shape index (κ3) is 7.40. The molecule has 38 heavy (non-hydrogen) atoms. The normalized spacial score (nSPS) is 31.5. The van der Waals surface area contributed by atoms with E-state index in [2.05, 4.69) is 11.4 Å². The minimum Gasteiger partial charge on any atom is -0.396 e. The van der Waals surface area contributed by atoms with E-state index < -0.39 is 47.8 Å². The molecule has 0 unspecified atom stereocenters. The van der Waals surface area contributed by atoms with Crippen molar-refractivity contribution >= 4 is 17.7 Å². The summed E-state index contributed by atoms with van der Waals surface area (Å²) >= 11 is 1.23. The lowest BCUT2D eigenvalue weighted by Gasteiger charge is -2.44. The van der Waals surface area contributed by atoms with Gasteiger partial charge in [0.05, 0.1) is 24.7 Å². The molecule has 12 heteroatoms. The van der Waals surface area contributed by atoms with E-state index in [0.717, 1.165) is 25.7 Å². The molecule has 4 N–H and O–H groups in total. The molecule has 2 saturated heterocycles. The third-order valence-electron chi connectivity index (χ3n) is 7.72. The van der Waals surface area contributed by atoms with Crippen LogP contribution in [0, 0.1) is 30.1 Å². The van der Waals surface area contributed by atoms with Crippen LogP contribution in [0.2, 0.25) is 0 Å².